The highest BCUT2D eigenvalue weighted by molar-refractivity contribution is 5.63. The zero-order valence-electron chi connectivity index (χ0n) is 19.1. The van der Waals surface area contributed by atoms with Crippen LogP contribution < -0.4 is 11.5 Å². The second-order valence-corrected chi connectivity index (χ2v) is 8.66. The molecule has 0 aliphatic heterocycles. The molecule has 0 atom stereocenters. The maximum Gasteiger partial charge on any atom is 0.416 e. The third-order valence-corrected chi connectivity index (χ3v) is 6.27. The fourth-order valence-corrected chi connectivity index (χ4v) is 4.29. The van der Waals surface area contributed by atoms with Gasteiger partial charge in [0.1, 0.15) is 0 Å². The molecule has 1 aliphatic rings. The van der Waals surface area contributed by atoms with Crippen LogP contribution in [0.25, 0.3) is 0 Å². The Balaban J connectivity index is 2.21. The van der Waals surface area contributed by atoms with Crippen LogP contribution in [0.1, 0.15) is 48.4 Å². The van der Waals surface area contributed by atoms with Crippen molar-refractivity contribution in [2.75, 3.05) is 11.5 Å². The Kier molecular flexibility index (Phi) is 7.24. The van der Waals surface area contributed by atoms with Gasteiger partial charge in [0, 0.05) is 16.8 Å². The minimum absolute atomic E-state index is 0.0225. The SMILES string of the molecule is C=CC1=C(/C=C\CC(C)(c2cc(C(F)(F)F)ccc2N)c2cc(C(F)(F)F)ccc2N)C=CCC1. The lowest BCUT2D eigenvalue weighted by molar-refractivity contribution is -0.138. The summed E-state index contributed by atoms with van der Waals surface area (Å²) in [6.45, 7) is 5.35. The molecule has 186 valence electrons. The predicted octanol–water partition coefficient (Wildman–Crippen LogP) is 7.97. The van der Waals surface area contributed by atoms with Gasteiger partial charge in [0.25, 0.3) is 0 Å². The Morgan fingerprint density at radius 1 is 0.886 bits per heavy atom. The van der Waals surface area contributed by atoms with Crippen molar-refractivity contribution in [3.05, 3.63) is 107 Å². The molecule has 0 saturated heterocycles. The van der Waals surface area contributed by atoms with Crippen LogP contribution >= 0.6 is 0 Å². The summed E-state index contributed by atoms with van der Waals surface area (Å²) in [5.74, 6) is 0. The summed E-state index contributed by atoms with van der Waals surface area (Å²) < 4.78 is 81.1. The molecule has 0 spiro atoms. The smallest absolute Gasteiger partial charge is 0.398 e. The molecule has 0 aromatic heterocycles. The normalized spacial score (nSPS) is 15.2. The van der Waals surface area contributed by atoms with E-state index in [0.717, 1.165) is 60.4 Å². The van der Waals surface area contributed by atoms with E-state index < -0.39 is 28.9 Å². The first-order valence-corrected chi connectivity index (χ1v) is 10.9. The van der Waals surface area contributed by atoms with Crippen molar-refractivity contribution in [1.29, 1.82) is 0 Å². The van der Waals surface area contributed by atoms with E-state index in [2.05, 4.69) is 6.58 Å². The fourth-order valence-electron chi connectivity index (χ4n) is 4.29. The molecule has 0 unspecified atom stereocenters. The molecule has 0 heterocycles. The van der Waals surface area contributed by atoms with Crippen LogP contribution in [0.3, 0.4) is 0 Å². The van der Waals surface area contributed by atoms with E-state index in [9.17, 15) is 26.3 Å². The van der Waals surface area contributed by atoms with Crippen molar-refractivity contribution in [3.63, 3.8) is 0 Å². The molecule has 4 N–H and O–H groups in total. The molecule has 2 aromatic rings. The molecule has 0 radical (unpaired) electrons. The number of anilines is 2. The predicted molar refractivity (Wildman–Crippen MR) is 128 cm³/mol. The summed E-state index contributed by atoms with van der Waals surface area (Å²) in [6.07, 6.45) is 1.52. The molecule has 0 amide bonds. The van der Waals surface area contributed by atoms with E-state index in [0.29, 0.717) is 0 Å². The number of halogens is 6. The lowest BCUT2D eigenvalue weighted by atomic mass is 9.71. The van der Waals surface area contributed by atoms with E-state index in [1.54, 1.807) is 25.2 Å². The molecule has 2 nitrogen and oxygen atoms in total. The van der Waals surface area contributed by atoms with Gasteiger partial charge in [0.2, 0.25) is 0 Å². The summed E-state index contributed by atoms with van der Waals surface area (Å²) in [7, 11) is 0. The van der Waals surface area contributed by atoms with E-state index in [1.807, 2.05) is 12.2 Å². The summed E-state index contributed by atoms with van der Waals surface area (Å²) in [6, 6.07) is 5.70. The number of alkyl halides is 6. The second-order valence-electron chi connectivity index (χ2n) is 8.66. The van der Waals surface area contributed by atoms with Gasteiger partial charge in [-0.1, -0.05) is 43.9 Å². The van der Waals surface area contributed by atoms with Gasteiger partial charge in [-0.05, 0) is 77.9 Å². The van der Waals surface area contributed by atoms with Crippen molar-refractivity contribution < 1.29 is 26.3 Å². The Labute approximate surface area is 200 Å². The molecular weight excluding hydrogens is 466 g/mol. The van der Waals surface area contributed by atoms with E-state index in [4.69, 9.17) is 11.5 Å². The average Bonchev–Trinajstić information content (AvgIpc) is 2.78. The van der Waals surface area contributed by atoms with Gasteiger partial charge < -0.3 is 11.5 Å². The topological polar surface area (TPSA) is 52.0 Å². The van der Waals surface area contributed by atoms with Crippen LogP contribution in [-0.4, -0.2) is 0 Å². The Morgan fingerprint density at radius 2 is 1.40 bits per heavy atom. The quantitative estimate of drug-likeness (QED) is 0.317. The minimum atomic E-state index is -4.66. The monoisotopic (exact) mass is 492 g/mol. The summed E-state index contributed by atoms with van der Waals surface area (Å²) in [5, 5.41) is 0. The molecule has 8 heteroatoms. The van der Waals surface area contributed by atoms with Crippen LogP contribution in [-0.2, 0) is 17.8 Å². The lowest BCUT2D eigenvalue weighted by Gasteiger charge is -2.33. The minimum Gasteiger partial charge on any atom is -0.398 e. The van der Waals surface area contributed by atoms with E-state index >= 15 is 0 Å². The Morgan fingerprint density at radius 3 is 1.86 bits per heavy atom. The van der Waals surface area contributed by atoms with Crippen LogP contribution in [0.5, 0.6) is 0 Å². The Hall–Kier alpha value is -3.42. The van der Waals surface area contributed by atoms with Crippen LogP contribution in [0.4, 0.5) is 37.7 Å². The maximum atomic E-state index is 13.5. The largest absolute Gasteiger partial charge is 0.416 e. The molecule has 2 aromatic carbocycles. The van der Waals surface area contributed by atoms with Crippen LogP contribution in [0.15, 0.2) is 84.5 Å². The number of nitrogens with two attached hydrogens (primary N) is 2. The Bertz CT molecular complexity index is 1140. The van der Waals surface area contributed by atoms with Gasteiger partial charge >= 0.3 is 12.4 Å². The second kappa shape index (κ2) is 9.68. The van der Waals surface area contributed by atoms with Crippen molar-refractivity contribution in [2.24, 2.45) is 0 Å². The van der Waals surface area contributed by atoms with Crippen molar-refractivity contribution in [3.8, 4) is 0 Å². The highest BCUT2D eigenvalue weighted by Crippen LogP contribution is 2.45. The third-order valence-electron chi connectivity index (χ3n) is 6.27. The summed E-state index contributed by atoms with van der Waals surface area (Å²) in [4.78, 5) is 0. The third kappa shape index (κ3) is 5.63. The first-order chi connectivity index (χ1) is 16.3. The number of rotatable bonds is 6. The highest BCUT2D eigenvalue weighted by Gasteiger charge is 2.38. The van der Waals surface area contributed by atoms with Crippen molar-refractivity contribution in [2.45, 2.75) is 44.0 Å². The zero-order chi connectivity index (χ0) is 26.0. The molecule has 1 aliphatic carbocycles. The zero-order valence-corrected chi connectivity index (χ0v) is 19.1. The molecule has 35 heavy (non-hydrogen) atoms. The standard InChI is InChI=1S/C27H26F6N2/c1-3-17-7-4-5-8-18(17)9-6-14-25(2,21-15-19(26(28,29)30)10-12-23(21)34)22-16-20(27(31,32)33)11-13-24(22)35/h3,5-6,8-13,15-16H,1,4,7,14,34-35H2,2H3/b9-6-. The van der Waals surface area contributed by atoms with Gasteiger partial charge in [0.05, 0.1) is 11.1 Å². The molecular formula is C27H26F6N2. The van der Waals surface area contributed by atoms with Crippen LogP contribution in [0, 0.1) is 0 Å². The van der Waals surface area contributed by atoms with Crippen molar-refractivity contribution >= 4 is 11.4 Å². The van der Waals surface area contributed by atoms with Gasteiger partial charge in [0.15, 0.2) is 0 Å². The van der Waals surface area contributed by atoms with E-state index in [-0.39, 0.29) is 28.9 Å². The van der Waals surface area contributed by atoms with Crippen LogP contribution in [0.2, 0.25) is 0 Å². The summed E-state index contributed by atoms with van der Waals surface area (Å²) in [5.41, 5.74) is 10.9. The number of allylic oxidation sites excluding steroid dienone is 7. The number of hydrogen-bond donors (Lipinski definition) is 2. The van der Waals surface area contributed by atoms with Gasteiger partial charge in [-0.25, -0.2) is 0 Å². The van der Waals surface area contributed by atoms with Crippen molar-refractivity contribution in [1.82, 2.24) is 0 Å². The first kappa shape index (κ1) is 26.2. The van der Waals surface area contributed by atoms with E-state index in [1.165, 1.54) is 0 Å². The maximum absolute atomic E-state index is 13.5. The molecule has 3 rings (SSSR count). The highest BCUT2D eigenvalue weighted by atomic mass is 19.4. The van der Waals surface area contributed by atoms with Gasteiger partial charge in [-0.3, -0.25) is 0 Å². The van der Waals surface area contributed by atoms with Gasteiger partial charge in [-0.15, -0.1) is 0 Å². The average molecular weight is 493 g/mol. The first-order valence-electron chi connectivity index (χ1n) is 10.9. The summed E-state index contributed by atoms with van der Waals surface area (Å²) >= 11 is 0. The number of nitrogen functional groups attached to an aromatic ring is 2. The lowest BCUT2D eigenvalue weighted by Crippen LogP contribution is -2.27. The number of hydrogen-bond acceptors (Lipinski definition) is 2. The number of benzene rings is 2. The molecule has 0 saturated carbocycles. The molecule has 0 bridgehead atoms. The van der Waals surface area contributed by atoms with Gasteiger partial charge in [-0.2, -0.15) is 26.3 Å². The fraction of sp³-hybridized carbons (Fsp3) is 0.259. The molecule has 0 fully saturated rings.